The Morgan fingerprint density at radius 3 is 2.36 bits per heavy atom. The van der Waals surface area contributed by atoms with Gasteiger partial charge >= 0.3 is 0 Å². The van der Waals surface area contributed by atoms with Crippen molar-refractivity contribution in [3.63, 3.8) is 0 Å². The molecule has 11 heavy (non-hydrogen) atoms. The summed E-state index contributed by atoms with van der Waals surface area (Å²) in [7, 11) is 0. The molecule has 0 radical (unpaired) electrons. The van der Waals surface area contributed by atoms with Crippen LogP contribution in [-0.4, -0.2) is 0 Å². The highest BCUT2D eigenvalue weighted by Crippen LogP contribution is 2.28. The summed E-state index contributed by atoms with van der Waals surface area (Å²) in [6, 6.07) is 2.64. The predicted molar refractivity (Wildman–Crippen MR) is 46.0 cm³/mol. The SMILES string of the molecule is Fc1ccc(Cl)c(Cl)c1CCl. The average molecular weight is 213 g/mol. The minimum atomic E-state index is -0.422. The van der Waals surface area contributed by atoms with Gasteiger partial charge in [0.1, 0.15) is 5.82 Å². The maximum Gasteiger partial charge on any atom is 0.129 e. The fourth-order valence-electron chi connectivity index (χ4n) is 0.692. The van der Waals surface area contributed by atoms with Gasteiger partial charge < -0.3 is 0 Å². The summed E-state index contributed by atoms with van der Waals surface area (Å²) in [6.45, 7) is 0. The summed E-state index contributed by atoms with van der Waals surface area (Å²) in [5.41, 5.74) is 0.251. The lowest BCUT2D eigenvalue weighted by molar-refractivity contribution is 0.617. The van der Waals surface area contributed by atoms with Gasteiger partial charge in [0, 0.05) is 5.56 Å². The Morgan fingerprint density at radius 1 is 1.27 bits per heavy atom. The van der Waals surface area contributed by atoms with E-state index in [2.05, 4.69) is 0 Å². The van der Waals surface area contributed by atoms with E-state index in [4.69, 9.17) is 34.8 Å². The fraction of sp³-hybridized carbons (Fsp3) is 0.143. The molecule has 0 aromatic heterocycles. The summed E-state index contributed by atoms with van der Waals surface area (Å²) in [5, 5.41) is 0.519. The van der Waals surface area contributed by atoms with Crippen molar-refractivity contribution in [2.45, 2.75) is 5.88 Å². The largest absolute Gasteiger partial charge is 0.207 e. The van der Waals surface area contributed by atoms with Crippen LogP contribution >= 0.6 is 34.8 Å². The Hall–Kier alpha value is 0.0200. The lowest BCUT2D eigenvalue weighted by Gasteiger charge is -2.02. The van der Waals surface area contributed by atoms with Crippen LogP contribution in [-0.2, 0) is 5.88 Å². The topological polar surface area (TPSA) is 0 Å². The van der Waals surface area contributed by atoms with Crippen molar-refractivity contribution < 1.29 is 4.39 Å². The molecule has 0 nitrogen and oxygen atoms in total. The van der Waals surface area contributed by atoms with Gasteiger partial charge in [-0.1, -0.05) is 23.2 Å². The van der Waals surface area contributed by atoms with Gasteiger partial charge in [0.25, 0.3) is 0 Å². The molecule has 0 saturated carbocycles. The molecule has 0 atom stereocenters. The first-order chi connectivity index (χ1) is 5.16. The van der Waals surface area contributed by atoms with Crippen LogP contribution in [0.25, 0.3) is 0 Å². The number of hydrogen-bond donors (Lipinski definition) is 0. The summed E-state index contributed by atoms with van der Waals surface area (Å²) in [5.74, 6) is -0.389. The van der Waals surface area contributed by atoms with Crippen molar-refractivity contribution in [1.82, 2.24) is 0 Å². The van der Waals surface area contributed by atoms with Crippen molar-refractivity contribution in [3.8, 4) is 0 Å². The highest BCUT2D eigenvalue weighted by Gasteiger charge is 2.08. The van der Waals surface area contributed by atoms with E-state index in [1.165, 1.54) is 12.1 Å². The number of alkyl halides is 1. The van der Waals surface area contributed by atoms with Crippen LogP contribution in [0, 0.1) is 5.82 Å². The molecule has 0 aliphatic heterocycles. The van der Waals surface area contributed by atoms with Crippen LogP contribution in [0.4, 0.5) is 4.39 Å². The molecule has 0 saturated heterocycles. The first-order valence-electron chi connectivity index (χ1n) is 2.85. The van der Waals surface area contributed by atoms with Crippen molar-refractivity contribution >= 4 is 34.8 Å². The highest BCUT2D eigenvalue weighted by atomic mass is 35.5. The number of rotatable bonds is 1. The minimum Gasteiger partial charge on any atom is -0.207 e. The lowest BCUT2D eigenvalue weighted by atomic mass is 10.2. The second-order valence-corrected chi connectivity index (χ2v) is 3.01. The number of halogens is 4. The first kappa shape index (κ1) is 9.11. The molecule has 0 spiro atoms. The smallest absolute Gasteiger partial charge is 0.129 e. The van der Waals surface area contributed by atoms with Gasteiger partial charge in [0.05, 0.1) is 15.9 Å². The molecule has 0 aliphatic rings. The molecule has 0 bridgehead atoms. The minimum absolute atomic E-state index is 0.0330. The van der Waals surface area contributed by atoms with Crippen LogP contribution in [0.2, 0.25) is 10.0 Å². The van der Waals surface area contributed by atoms with Gasteiger partial charge in [-0.15, -0.1) is 11.6 Å². The molecule has 0 fully saturated rings. The third kappa shape index (κ3) is 1.78. The van der Waals surface area contributed by atoms with Crippen molar-refractivity contribution in [2.24, 2.45) is 0 Å². The van der Waals surface area contributed by atoms with Crippen molar-refractivity contribution in [1.29, 1.82) is 0 Å². The van der Waals surface area contributed by atoms with E-state index in [-0.39, 0.29) is 16.5 Å². The van der Waals surface area contributed by atoms with Crippen molar-refractivity contribution in [3.05, 3.63) is 33.6 Å². The molecule has 1 rings (SSSR count). The Morgan fingerprint density at radius 2 is 1.91 bits per heavy atom. The third-order valence-corrected chi connectivity index (χ3v) is 2.38. The molecule has 0 N–H and O–H groups in total. The molecule has 0 aliphatic carbocycles. The summed E-state index contributed by atoms with van der Waals surface area (Å²) < 4.78 is 12.8. The van der Waals surface area contributed by atoms with Gasteiger partial charge in [-0.05, 0) is 12.1 Å². The van der Waals surface area contributed by atoms with E-state index >= 15 is 0 Å². The molecule has 0 unspecified atom stereocenters. The Bertz CT molecular complexity index is 273. The molecule has 1 aromatic carbocycles. The molecule has 1 aromatic rings. The van der Waals surface area contributed by atoms with Crippen LogP contribution in [0.15, 0.2) is 12.1 Å². The average Bonchev–Trinajstić information content (AvgIpc) is 1.99. The van der Waals surface area contributed by atoms with Crippen LogP contribution in [0.5, 0.6) is 0 Å². The summed E-state index contributed by atoms with van der Waals surface area (Å²) in [6.07, 6.45) is 0. The standard InChI is InChI=1S/C7H4Cl3F/c8-3-4-6(11)2-1-5(9)7(4)10/h1-2H,3H2. The molecule has 60 valence electrons. The fourth-order valence-corrected chi connectivity index (χ4v) is 1.42. The quantitative estimate of drug-likeness (QED) is 0.491. The zero-order valence-corrected chi connectivity index (χ0v) is 7.64. The maximum absolute atomic E-state index is 12.8. The van der Waals surface area contributed by atoms with Gasteiger partial charge in [-0.3, -0.25) is 0 Å². The van der Waals surface area contributed by atoms with E-state index in [0.29, 0.717) is 5.02 Å². The Balaban J connectivity index is 3.29. The van der Waals surface area contributed by atoms with Gasteiger partial charge in [0.15, 0.2) is 0 Å². The zero-order chi connectivity index (χ0) is 8.43. The van der Waals surface area contributed by atoms with E-state index in [1.54, 1.807) is 0 Å². The van der Waals surface area contributed by atoms with Crippen LogP contribution < -0.4 is 0 Å². The third-order valence-electron chi connectivity index (χ3n) is 1.27. The molecular weight excluding hydrogens is 209 g/mol. The zero-order valence-electron chi connectivity index (χ0n) is 5.37. The van der Waals surface area contributed by atoms with E-state index in [1.807, 2.05) is 0 Å². The second-order valence-electron chi connectivity index (χ2n) is 1.96. The first-order valence-corrected chi connectivity index (χ1v) is 4.14. The lowest BCUT2D eigenvalue weighted by Crippen LogP contribution is -1.87. The number of hydrogen-bond acceptors (Lipinski definition) is 0. The molecule has 0 heterocycles. The maximum atomic E-state index is 12.8. The number of benzene rings is 1. The van der Waals surface area contributed by atoms with E-state index < -0.39 is 5.82 Å². The van der Waals surface area contributed by atoms with Crippen molar-refractivity contribution in [2.75, 3.05) is 0 Å². The molecular formula is C7H4Cl3F. The monoisotopic (exact) mass is 212 g/mol. The predicted octanol–water partition coefficient (Wildman–Crippen LogP) is 3.87. The van der Waals surface area contributed by atoms with Gasteiger partial charge in [0.2, 0.25) is 0 Å². The molecule has 0 amide bonds. The highest BCUT2D eigenvalue weighted by molar-refractivity contribution is 6.42. The van der Waals surface area contributed by atoms with E-state index in [0.717, 1.165) is 0 Å². The Kier molecular flexibility index (Phi) is 2.99. The van der Waals surface area contributed by atoms with Gasteiger partial charge in [-0.25, -0.2) is 4.39 Å². The normalized spacial score (nSPS) is 10.2. The summed E-state index contributed by atoms with van der Waals surface area (Å²) in [4.78, 5) is 0. The second kappa shape index (κ2) is 3.61. The molecule has 4 heteroatoms. The summed E-state index contributed by atoms with van der Waals surface area (Å²) >= 11 is 16.7. The Labute approximate surface area is 78.9 Å². The van der Waals surface area contributed by atoms with Crippen LogP contribution in [0.3, 0.4) is 0 Å². The van der Waals surface area contributed by atoms with Crippen LogP contribution in [0.1, 0.15) is 5.56 Å². The van der Waals surface area contributed by atoms with E-state index in [9.17, 15) is 4.39 Å². The van der Waals surface area contributed by atoms with Gasteiger partial charge in [-0.2, -0.15) is 0 Å².